The van der Waals surface area contributed by atoms with Crippen LogP contribution in [0.3, 0.4) is 0 Å². The molecule has 1 fully saturated rings. The molecule has 1 aliphatic rings. The maximum atomic E-state index is 11.6. The summed E-state index contributed by atoms with van der Waals surface area (Å²) in [5, 5.41) is 0. The summed E-state index contributed by atoms with van der Waals surface area (Å²) in [5.41, 5.74) is 1.75. The van der Waals surface area contributed by atoms with Crippen LogP contribution < -0.4 is 0 Å². The van der Waals surface area contributed by atoms with Gasteiger partial charge < -0.3 is 9.47 Å². The largest absolute Gasteiger partial charge is 0.451 e. The fourth-order valence-corrected chi connectivity index (χ4v) is 1.90. The average molecular weight is 234 g/mol. The number of esters is 2. The van der Waals surface area contributed by atoms with Crippen molar-refractivity contribution in [3.05, 3.63) is 35.4 Å². The number of cyclic esters (lactones) is 2. The molecule has 0 spiro atoms. The van der Waals surface area contributed by atoms with Crippen molar-refractivity contribution in [2.75, 3.05) is 6.61 Å². The van der Waals surface area contributed by atoms with Crippen molar-refractivity contribution in [3.8, 4) is 0 Å². The van der Waals surface area contributed by atoms with Gasteiger partial charge in [0.15, 0.2) is 6.61 Å². The minimum absolute atomic E-state index is 0.286. The molecule has 1 unspecified atom stereocenters. The molecule has 4 nitrogen and oxygen atoms in total. The maximum absolute atomic E-state index is 11.6. The molecule has 0 radical (unpaired) electrons. The van der Waals surface area contributed by atoms with Crippen LogP contribution in [0.25, 0.3) is 0 Å². The summed E-state index contributed by atoms with van der Waals surface area (Å²) in [7, 11) is 0. The highest BCUT2D eigenvalue weighted by Gasteiger charge is 2.33. The van der Waals surface area contributed by atoms with E-state index >= 15 is 0 Å². The summed E-state index contributed by atoms with van der Waals surface area (Å²) < 4.78 is 9.83. The van der Waals surface area contributed by atoms with E-state index < -0.39 is 18.0 Å². The molecule has 0 bridgehead atoms. The van der Waals surface area contributed by atoms with Crippen LogP contribution in [0.1, 0.15) is 30.6 Å². The second-order valence-electron chi connectivity index (χ2n) is 3.93. The summed E-state index contributed by atoms with van der Waals surface area (Å²) in [6, 6.07) is 7.47. The molecule has 2 rings (SSSR count). The van der Waals surface area contributed by atoms with Gasteiger partial charge in [-0.1, -0.05) is 37.6 Å². The Kier molecular flexibility index (Phi) is 3.42. The number of carbonyl (C=O) groups is 2. The Balaban J connectivity index is 2.31. The van der Waals surface area contributed by atoms with E-state index in [4.69, 9.17) is 9.47 Å². The molecule has 0 N–H and O–H groups in total. The van der Waals surface area contributed by atoms with Crippen LogP contribution in [0.5, 0.6) is 0 Å². The van der Waals surface area contributed by atoms with Crippen molar-refractivity contribution in [1.29, 1.82) is 0 Å². The minimum atomic E-state index is -0.904. The lowest BCUT2D eigenvalue weighted by Crippen LogP contribution is -2.32. The number of ether oxygens (including phenoxy) is 2. The van der Waals surface area contributed by atoms with E-state index in [2.05, 4.69) is 6.92 Å². The number of hydrogen-bond acceptors (Lipinski definition) is 4. The molecule has 1 aromatic rings. The van der Waals surface area contributed by atoms with Gasteiger partial charge in [-0.2, -0.15) is 0 Å². The van der Waals surface area contributed by atoms with Gasteiger partial charge in [-0.05, 0) is 12.0 Å². The molecule has 1 atom stereocenters. The van der Waals surface area contributed by atoms with E-state index in [-0.39, 0.29) is 6.61 Å². The Morgan fingerprint density at radius 3 is 2.82 bits per heavy atom. The van der Waals surface area contributed by atoms with E-state index in [1.54, 1.807) is 6.07 Å². The Labute approximate surface area is 99.5 Å². The Bertz CT molecular complexity index is 439. The molecular formula is C13H14O4. The first-order chi connectivity index (χ1) is 8.22. The zero-order chi connectivity index (χ0) is 12.3. The van der Waals surface area contributed by atoms with Gasteiger partial charge >= 0.3 is 11.9 Å². The molecule has 90 valence electrons. The smallest absolute Gasteiger partial charge is 0.352 e. The summed E-state index contributed by atoms with van der Waals surface area (Å²) in [4.78, 5) is 22.8. The molecule has 1 heterocycles. The Morgan fingerprint density at radius 1 is 1.29 bits per heavy atom. The Morgan fingerprint density at radius 2 is 2.06 bits per heavy atom. The van der Waals surface area contributed by atoms with Crippen LogP contribution in [0.2, 0.25) is 0 Å². The summed E-state index contributed by atoms with van der Waals surface area (Å²) in [5.74, 6) is -0.992. The van der Waals surface area contributed by atoms with Crippen LogP contribution >= 0.6 is 0 Å². The number of benzene rings is 1. The molecule has 1 aromatic carbocycles. The quantitative estimate of drug-likeness (QED) is 0.748. The molecule has 0 aromatic heterocycles. The van der Waals surface area contributed by atoms with Crippen molar-refractivity contribution in [2.45, 2.75) is 25.9 Å². The third-order valence-electron chi connectivity index (χ3n) is 2.65. The normalized spacial score (nSPS) is 19.7. The highest BCUT2D eigenvalue weighted by Crippen LogP contribution is 2.26. The summed E-state index contributed by atoms with van der Waals surface area (Å²) in [6.45, 7) is 1.77. The van der Waals surface area contributed by atoms with Crippen LogP contribution in [0.4, 0.5) is 0 Å². The summed E-state index contributed by atoms with van der Waals surface area (Å²) >= 11 is 0. The third kappa shape index (κ3) is 2.46. The van der Waals surface area contributed by atoms with Crippen molar-refractivity contribution in [1.82, 2.24) is 0 Å². The highest BCUT2D eigenvalue weighted by atomic mass is 16.6. The zero-order valence-electron chi connectivity index (χ0n) is 9.64. The second-order valence-corrected chi connectivity index (χ2v) is 3.93. The van der Waals surface area contributed by atoms with Gasteiger partial charge in [0.1, 0.15) is 0 Å². The second kappa shape index (κ2) is 4.99. The number of carbonyl (C=O) groups excluding carboxylic acids is 2. The number of rotatable bonds is 3. The zero-order valence-corrected chi connectivity index (χ0v) is 9.64. The third-order valence-corrected chi connectivity index (χ3v) is 2.65. The van der Waals surface area contributed by atoms with E-state index in [0.29, 0.717) is 0 Å². The molecule has 1 saturated heterocycles. The lowest BCUT2D eigenvalue weighted by molar-refractivity contribution is -0.185. The number of aryl methyl sites for hydroxylation is 1. The van der Waals surface area contributed by atoms with E-state index in [0.717, 1.165) is 24.0 Å². The van der Waals surface area contributed by atoms with Crippen molar-refractivity contribution in [2.24, 2.45) is 0 Å². The minimum Gasteiger partial charge on any atom is -0.451 e. The SMILES string of the molecule is CCCc1ccccc1C1OC(=O)COC1=O. The fraction of sp³-hybridized carbons (Fsp3) is 0.385. The predicted molar refractivity (Wildman–Crippen MR) is 60.2 cm³/mol. The van der Waals surface area contributed by atoms with Crippen molar-refractivity contribution >= 4 is 11.9 Å². The van der Waals surface area contributed by atoms with Gasteiger partial charge in [0, 0.05) is 5.56 Å². The average Bonchev–Trinajstić information content (AvgIpc) is 2.34. The van der Waals surface area contributed by atoms with Crippen molar-refractivity contribution < 1.29 is 19.1 Å². The molecular weight excluding hydrogens is 220 g/mol. The first-order valence-corrected chi connectivity index (χ1v) is 5.66. The monoisotopic (exact) mass is 234 g/mol. The topological polar surface area (TPSA) is 52.6 Å². The van der Waals surface area contributed by atoms with Gasteiger partial charge in [-0.25, -0.2) is 9.59 Å². The van der Waals surface area contributed by atoms with Gasteiger partial charge in [0.05, 0.1) is 0 Å². The first kappa shape index (κ1) is 11.6. The van der Waals surface area contributed by atoms with E-state index in [1.807, 2.05) is 18.2 Å². The standard InChI is InChI=1S/C13H14O4/c1-2-5-9-6-3-4-7-10(9)12-13(15)16-8-11(14)17-12/h3-4,6-7,12H,2,5,8H2,1H3. The van der Waals surface area contributed by atoms with Gasteiger partial charge in [0.2, 0.25) is 6.10 Å². The van der Waals surface area contributed by atoms with Gasteiger partial charge in [-0.3, -0.25) is 0 Å². The molecule has 0 saturated carbocycles. The Hall–Kier alpha value is -1.84. The predicted octanol–water partition coefficient (Wildman–Crippen LogP) is 1.78. The van der Waals surface area contributed by atoms with Gasteiger partial charge in [0.25, 0.3) is 0 Å². The molecule has 17 heavy (non-hydrogen) atoms. The van der Waals surface area contributed by atoms with Crippen LogP contribution in [-0.2, 0) is 25.5 Å². The lowest BCUT2D eigenvalue weighted by atomic mass is 9.98. The molecule has 4 heteroatoms. The fourth-order valence-electron chi connectivity index (χ4n) is 1.90. The van der Waals surface area contributed by atoms with Crippen LogP contribution in [0.15, 0.2) is 24.3 Å². The molecule has 1 aliphatic heterocycles. The van der Waals surface area contributed by atoms with Gasteiger partial charge in [-0.15, -0.1) is 0 Å². The van der Waals surface area contributed by atoms with Crippen molar-refractivity contribution in [3.63, 3.8) is 0 Å². The number of hydrogen-bond donors (Lipinski definition) is 0. The van der Waals surface area contributed by atoms with E-state index in [1.165, 1.54) is 0 Å². The lowest BCUT2D eigenvalue weighted by Gasteiger charge is -2.23. The maximum Gasteiger partial charge on any atom is 0.352 e. The molecule has 0 amide bonds. The summed E-state index contributed by atoms with van der Waals surface area (Å²) in [6.07, 6.45) is 0.906. The van der Waals surface area contributed by atoms with E-state index in [9.17, 15) is 9.59 Å². The first-order valence-electron chi connectivity index (χ1n) is 5.66. The molecule has 0 aliphatic carbocycles. The van der Waals surface area contributed by atoms with Crippen LogP contribution in [-0.4, -0.2) is 18.5 Å². The highest BCUT2D eigenvalue weighted by molar-refractivity contribution is 5.86. The van der Waals surface area contributed by atoms with Crippen LogP contribution in [0, 0.1) is 0 Å².